The number of hydrogen-bond donors (Lipinski definition) is 2. The van der Waals surface area contributed by atoms with Crippen molar-refractivity contribution < 1.29 is 14.3 Å². The monoisotopic (exact) mass is 439 g/mol. The Bertz CT molecular complexity index is 1280. The molecule has 0 aliphatic carbocycles. The number of carbonyl (C=O) groups excluding carboxylic acids is 1. The number of methoxy groups -OCH3 is 1. The van der Waals surface area contributed by atoms with Crippen LogP contribution in [0.25, 0.3) is 11.3 Å². The topological polar surface area (TPSA) is 76.2 Å². The summed E-state index contributed by atoms with van der Waals surface area (Å²) in [7, 11) is 1.63. The molecule has 2 N–H and O–H groups in total. The largest absolute Gasteiger partial charge is 0.493 e. The summed E-state index contributed by atoms with van der Waals surface area (Å²) in [5.41, 5.74) is 6.20. The number of ether oxygens (including phenoxy) is 2. The maximum atomic E-state index is 12.4. The number of carbonyl (C=O) groups is 1. The van der Waals surface area contributed by atoms with E-state index in [9.17, 15) is 4.79 Å². The number of aromatic nitrogens is 2. The van der Waals surface area contributed by atoms with E-state index >= 15 is 0 Å². The van der Waals surface area contributed by atoms with Crippen LogP contribution in [0, 0.1) is 6.92 Å². The molecule has 0 radical (unpaired) electrons. The molecule has 166 valence electrons. The SMILES string of the molecule is COc1cc(C2CC(=O)Nc3n[nH]c(-c4ccccc4)c32)ccc1OCc1ccc(C)cc1. The minimum absolute atomic E-state index is 0.0581. The molecule has 1 unspecified atom stereocenters. The predicted octanol–water partition coefficient (Wildman–Crippen LogP) is 5.45. The first-order valence-corrected chi connectivity index (χ1v) is 10.9. The Morgan fingerprint density at radius 2 is 1.79 bits per heavy atom. The number of rotatable bonds is 6. The van der Waals surface area contributed by atoms with Gasteiger partial charge in [0, 0.05) is 17.9 Å². The Morgan fingerprint density at radius 1 is 1.00 bits per heavy atom. The number of aromatic amines is 1. The van der Waals surface area contributed by atoms with Gasteiger partial charge in [-0.2, -0.15) is 5.10 Å². The van der Waals surface area contributed by atoms with E-state index in [1.807, 2.05) is 48.5 Å². The third kappa shape index (κ3) is 4.20. The first kappa shape index (κ1) is 20.8. The van der Waals surface area contributed by atoms with Crippen molar-refractivity contribution in [3.8, 4) is 22.8 Å². The van der Waals surface area contributed by atoms with Crippen LogP contribution in [-0.2, 0) is 11.4 Å². The van der Waals surface area contributed by atoms with E-state index in [-0.39, 0.29) is 11.8 Å². The molecule has 1 amide bonds. The normalized spacial score (nSPS) is 15.0. The standard InChI is InChI=1S/C27H25N3O3/c1-17-8-10-18(11-9-17)16-33-22-13-12-20(14-23(22)32-2)21-15-24(31)28-27-25(21)26(29-30-27)19-6-4-3-5-7-19/h3-14,21H,15-16H2,1-2H3,(H2,28,29,30,31). The average molecular weight is 440 g/mol. The van der Waals surface area contributed by atoms with Crippen molar-refractivity contribution in [3.63, 3.8) is 0 Å². The summed E-state index contributed by atoms with van der Waals surface area (Å²) in [5.74, 6) is 1.67. The van der Waals surface area contributed by atoms with Crippen LogP contribution in [-0.4, -0.2) is 23.2 Å². The lowest BCUT2D eigenvalue weighted by Gasteiger charge is -2.24. The van der Waals surface area contributed by atoms with Crippen LogP contribution in [0.4, 0.5) is 5.82 Å². The lowest BCUT2D eigenvalue weighted by atomic mass is 9.84. The molecule has 0 saturated heterocycles. The van der Waals surface area contributed by atoms with Crippen molar-refractivity contribution in [1.82, 2.24) is 10.2 Å². The number of anilines is 1. The molecule has 2 heterocycles. The molecule has 0 saturated carbocycles. The van der Waals surface area contributed by atoms with Crippen molar-refractivity contribution in [2.75, 3.05) is 12.4 Å². The Balaban J connectivity index is 1.47. The summed E-state index contributed by atoms with van der Waals surface area (Å²) < 4.78 is 11.7. The van der Waals surface area contributed by atoms with Gasteiger partial charge in [0.05, 0.1) is 12.8 Å². The van der Waals surface area contributed by atoms with Gasteiger partial charge in [-0.25, -0.2) is 0 Å². The van der Waals surface area contributed by atoms with E-state index in [1.165, 1.54) is 5.56 Å². The van der Waals surface area contributed by atoms with Crippen LogP contribution in [0.15, 0.2) is 72.8 Å². The summed E-state index contributed by atoms with van der Waals surface area (Å²) in [6, 6.07) is 24.1. The molecule has 3 aromatic carbocycles. The summed E-state index contributed by atoms with van der Waals surface area (Å²) in [6.07, 6.45) is 0.332. The third-order valence-electron chi connectivity index (χ3n) is 5.97. The number of H-pyrrole nitrogens is 1. The Morgan fingerprint density at radius 3 is 2.55 bits per heavy atom. The highest BCUT2D eigenvalue weighted by Crippen LogP contribution is 2.43. The van der Waals surface area contributed by atoms with Crippen LogP contribution < -0.4 is 14.8 Å². The zero-order valence-corrected chi connectivity index (χ0v) is 18.6. The fourth-order valence-electron chi connectivity index (χ4n) is 4.23. The van der Waals surface area contributed by atoms with E-state index in [1.54, 1.807) is 7.11 Å². The molecule has 33 heavy (non-hydrogen) atoms. The van der Waals surface area contributed by atoms with Gasteiger partial charge in [-0.3, -0.25) is 9.89 Å². The van der Waals surface area contributed by atoms with E-state index in [0.29, 0.717) is 30.3 Å². The zero-order chi connectivity index (χ0) is 22.8. The molecule has 1 aromatic heterocycles. The highest BCUT2D eigenvalue weighted by Gasteiger charge is 2.32. The van der Waals surface area contributed by atoms with Gasteiger partial charge in [0.1, 0.15) is 6.61 Å². The third-order valence-corrected chi connectivity index (χ3v) is 5.97. The van der Waals surface area contributed by atoms with E-state index < -0.39 is 0 Å². The minimum atomic E-state index is -0.150. The van der Waals surface area contributed by atoms with Crippen LogP contribution in [0.2, 0.25) is 0 Å². The summed E-state index contributed by atoms with van der Waals surface area (Å²) in [4.78, 5) is 12.4. The first-order valence-electron chi connectivity index (χ1n) is 10.9. The lowest BCUT2D eigenvalue weighted by Crippen LogP contribution is -2.23. The first-order chi connectivity index (χ1) is 16.1. The molecule has 1 aliphatic rings. The highest BCUT2D eigenvalue weighted by molar-refractivity contribution is 5.96. The maximum absolute atomic E-state index is 12.4. The molecule has 6 heteroatoms. The van der Waals surface area contributed by atoms with Crippen molar-refractivity contribution in [2.45, 2.75) is 25.9 Å². The number of amides is 1. The van der Waals surface area contributed by atoms with E-state index in [2.05, 4.69) is 46.7 Å². The molecule has 4 aromatic rings. The molecule has 0 spiro atoms. The van der Waals surface area contributed by atoms with Crippen molar-refractivity contribution in [1.29, 1.82) is 0 Å². The van der Waals surface area contributed by atoms with Crippen molar-refractivity contribution in [3.05, 3.63) is 95.1 Å². The van der Waals surface area contributed by atoms with Crippen LogP contribution >= 0.6 is 0 Å². The Hall–Kier alpha value is -4.06. The molecule has 0 bridgehead atoms. The Kier molecular flexibility index (Phi) is 5.57. The van der Waals surface area contributed by atoms with Gasteiger partial charge in [0.15, 0.2) is 17.3 Å². The van der Waals surface area contributed by atoms with E-state index in [0.717, 1.165) is 27.9 Å². The summed E-state index contributed by atoms with van der Waals surface area (Å²) >= 11 is 0. The van der Waals surface area contributed by atoms with Gasteiger partial charge >= 0.3 is 0 Å². The van der Waals surface area contributed by atoms with Crippen molar-refractivity contribution in [2.24, 2.45) is 0 Å². The predicted molar refractivity (Wildman–Crippen MR) is 128 cm³/mol. The van der Waals surface area contributed by atoms with Gasteiger partial charge in [-0.1, -0.05) is 66.2 Å². The van der Waals surface area contributed by atoms with Gasteiger partial charge in [0.25, 0.3) is 0 Å². The second-order valence-electron chi connectivity index (χ2n) is 8.22. The number of benzene rings is 3. The number of fused-ring (bicyclic) bond motifs is 1. The van der Waals surface area contributed by atoms with Gasteiger partial charge in [-0.05, 0) is 35.7 Å². The maximum Gasteiger partial charge on any atom is 0.226 e. The van der Waals surface area contributed by atoms with Gasteiger partial charge < -0.3 is 14.8 Å². The van der Waals surface area contributed by atoms with E-state index in [4.69, 9.17) is 9.47 Å². The smallest absolute Gasteiger partial charge is 0.226 e. The van der Waals surface area contributed by atoms with Gasteiger partial charge in [-0.15, -0.1) is 0 Å². The summed E-state index contributed by atoms with van der Waals surface area (Å²) in [5, 5.41) is 10.4. The number of nitrogens with zero attached hydrogens (tertiary/aromatic N) is 1. The Labute approximate surface area is 192 Å². The molecule has 6 nitrogen and oxygen atoms in total. The molecule has 1 atom stereocenters. The number of aryl methyl sites for hydroxylation is 1. The fraction of sp³-hybridized carbons (Fsp3) is 0.185. The molecular formula is C27H25N3O3. The fourth-order valence-corrected chi connectivity index (χ4v) is 4.23. The minimum Gasteiger partial charge on any atom is -0.493 e. The van der Waals surface area contributed by atoms with Crippen LogP contribution in [0.5, 0.6) is 11.5 Å². The number of nitrogens with one attached hydrogen (secondary N) is 2. The van der Waals surface area contributed by atoms with Gasteiger partial charge in [0.2, 0.25) is 5.91 Å². The second kappa shape index (κ2) is 8.82. The molecule has 0 fully saturated rings. The average Bonchev–Trinajstić information content (AvgIpc) is 3.27. The molecule has 1 aliphatic heterocycles. The quantitative estimate of drug-likeness (QED) is 0.419. The van der Waals surface area contributed by atoms with Crippen LogP contribution in [0.3, 0.4) is 0 Å². The highest BCUT2D eigenvalue weighted by atomic mass is 16.5. The lowest BCUT2D eigenvalue weighted by molar-refractivity contribution is -0.116. The second-order valence-corrected chi connectivity index (χ2v) is 8.22. The molecular weight excluding hydrogens is 414 g/mol. The van der Waals surface area contributed by atoms with Crippen LogP contribution in [0.1, 0.15) is 34.6 Å². The zero-order valence-electron chi connectivity index (χ0n) is 18.6. The molecule has 5 rings (SSSR count). The summed E-state index contributed by atoms with van der Waals surface area (Å²) in [6.45, 7) is 2.51. The number of hydrogen-bond acceptors (Lipinski definition) is 4. The van der Waals surface area contributed by atoms with Crippen molar-refractivity contribution >= 4 is 11.7 Å².